The molecule has 0 saturated carbocycles. The maximum atomic E-state index is 13.9. The van der Waals surface area contributed by atoms with Crippen molar-refractivity contribution in [1.29, 1.82) is 5.26 Å². The summed E-state index contributed by atoms with van der Waals surface area (Å²) in [6, 6.07) is 4.78. The molecule has 2 aromatic rings. The minimum Gasteiger partial charge on any atom is -0.378 e. The van der Waals surface area contributed by atoms with Crippen LogP contribution >= 0.6 is 0 Å². The summed E-state index contributed by atoms with van der Waals surface area (Å²) in [5.74, 6) is -0.298. The van der Waals surface area contributed by atoms with Gasteiger partial charge in [0.15, 0.2) is 0 Å². The van der Waals surface area contributed by atoms with Gasteiger partial charge in [0.25, 0.3) is 0 Å². The zero-order valence-corrected chi connectivity index (χ0v) is 14.9. The average Bonchev–Trinajstić information content (AvgIpc) is 2.88. The van der Waals surface area contributed by atoms with E-state index in [-0.39, 0.29) is 23.3 Å². The van der Waals surface area contributed by atoms with E-state index in [1.54, 1.807) is 6.92 Å². The van der Waals surface area contributed by atoms with Crippen LogP contribution in [-0.2, 0) is 4.79 Å². The summed E-state index contributed by atoms with van der Waals surface area (Å²) in [7, 11) is 0. The molecule has 1 amide bonds. The standard InChI is InChI=1S/C19H21FN4O/c1-11-5-13(20)6-15-17(11)22-9-12(8-21)18(15)23-14-7-16(25)24(10-14)19(2,3)4/h5-6,9,14H,7,10H2,1-4H3,(H,22,23). The first-order valence-corrected chi connectivity index (χ1v) is 8.26. The number of carbonyl (C=O) groups excluding carboxylic acids is 1. The molecule has 0 spiro atoms. The van der Waals surface area contributed by atoms with Gasteiger partial charge in [-0.3, -0.25) is 9.78 Å². The second-order valence-electron chi connectivity index (χ2n) is 7.50. The molecular formula is C19H21FN4O. The van der Waals surface area contributed by atoms with E-state index in [1.165, 1.54) is 18.3 Å². The lowest BCUT2D eigenvalue weighted by atomic mass is 10.0. The Morgan fingerprint density at radius 2 is 2.12 bits per heavy atom. The van der Waals surface area contributed by atoms with Gasteiger partial charge in [-0.25, -0.2) is 4.39 Å². The Morgan fingerprint density at radius 1 is 1.40 bits per heavy atom. The van der Waals surface area contributed by atoms with Crippen molar-refractivity contribution in [3.8, 4) is 6.07 Å². The normalized spacial score (nSPS) is 17.8. The number of halogens is 1. The third kappa shape index (κ3) is 3.14. The first-order chi connectivity index (χ1) is 11.7. The number of aryl methyl sites for hydroxylation is 1. The zero-order chi connectivity index (χ0) is 18.4. The molecule has 1 aromatic carbocycles. The van der Waals surface area contributed by atoms with Crippen LogP contribution in [0, 0.1) is 24.1 Å². The number of rotatable bonds is 2. The Hall–Kier alpha value is -2.68. The lowest BCUT2D eigenvalue weighted by Gasteiger charge is -2.32. The third-order valence-electron chi connectivity index (χ3n) is 4.53. The van der Waals surface area contributed by atoms with Crippen LogP contribution in [0.15, 0.2) is 18.3 Å². The molecule has 1 atom stereocenters. The lowest BCUT2D eigenvalue weighted by molar-refractivity contribution is -0.131. The first kappa shape index (κ1) is 17.2. The topological polar surface area (TPSA) is 69.0 Å². The van der Waals surface area contributed by atoms with Gasteiger partial charge in [0.1, 0.15) is 11.9 Å². The third-order valence-corrected chi connectivity index (χ3v) is 4.53. The average molecular weight is 340 g/mol. The quantitative estimate of drug-likeness (QED) is 0.910. The van der Waals surface area contributed by atoms with Gasteiger partial charge in [0.2, 0.25) is 5.91 Å². The van der Waals surface area contributed by atoms with E-state index in [4.69, 9.17) is 0 Å². The van der Waals surface area contributed by atoms with Crippen molar-refractivity contribution in [2.24, 2.45) is 0 Å². The van der Waals surface area contributed by atoms with Crippen molar-refractivity contribution in [2.45, 2.75) is 45.7 Å². The van der Waals surface area contributed by atoms with Crippen molar-refractivity contribution in [3.05, 3.63) is 35.3 Å². The zero-order valence-electron chi connectivity index (χ0n) is 14.9. The Bertz CT molecular complexity index is 895. The number of nitrogens with one attached hydrogen (secondary N) is 1. The number of carbonyl (C=O) groups is 1. The van der Waals surface area contributed by atoms with Crippen LogP contribution in [0.25, 0.3) is 10.9 Å². The number of likely N-dealkylation sites (tertiary alicyclic amines) is 1. The number of aromatic nitrogens is 1. The summed E-state index contributed by atoms with van der Waals surface area (Å²) in [4.78, 5) is 18.4. The molecule has 5 nitrogen and oxygen atoms in total. The SMILES string of the molecule is Cc1cc(F)cc2c(NC3CC(=O)N(C(C)(C)C)C3)c(C#N)cnc12. The molecule has 1 N–H and O–H groups in total. The molecule has 0 aliphatic carbocycles. The van der Waals surface area contributed by atoms with Crippen LogP contribution in [0.1, 0.15) is 38.3 Å². The molecule has 3 rings (SSSR count). The highest BCUT2D eigenvalue weighted by Gasteiger charge is 2.36. The van der Waals surface area contributed by atoms with Gasteiger partial charge >= 0.3 is 0 Å². The van der Waals surface area contributed by atoms with Gasteiger partial charge in [0.05, 0.1) is 22.8 Å². The van der Waals surface area contributed by atoms with Crippen molar-refractivity contribution >= 4 is 22.5 Å². The van der Waals surface area contributed by atoms with Gasteiger partial charge in [-0.1, -0.05) is 0 Å². The predicted octanol–water partition coefficient (Wildman–Crippen LogP) is 3.37. The van der Waals surface area contributed by atoms with Crippen LogP contribution in [0.2, 0.25) is 0 Å². The first-order valence-electron chi connectivity index (χ1n) is 8.26. The summed E-state index contributed by atoms with van der Waals surface area (Å²) in [5, 5.41) is 13.3. The van der Waals surface area contributed by atoms with Crippen LogP contribution in [0.5, 0.6) is 0 Å². The van der Waals surface area contributed by atoms with Gasteiger partial charge < -0.3 is 10.2 Å². The highest BCUT2D eigenvalue weighted by molar-refractivity contribution is 5.96. The molecular weight excluding hydrogens is 319 g/mol. The highest BCUT2D eigenvalue weighted by Crippen LogP contribution is 2.31. The Balaban J connectivity index is 2.02. The fourth-order valence-electron chi connectivity index (χ4n) is 3.33. The summed E-state index contributed by atoms with van der Waals surface area (Å²) in [6.45, 7) is 8.32. The number of fused-ring (bicyclic) bond motifs is 1. The van der Waals surface area contributed by atoms with Crippen molar-refractivity contribution in [1.82, 2.24) is 9.88 Å². The van der Waals surface area contributed by atoms with Gasteiger partial charge in [-0.15, -0.1) is 0 Å². The Kier molecular flexibility index (Phi) is 4.11. The molecule has 25 heavy (non-hydrogen) atoms. The number of nitriles is 1. The monoisotopic (exact) mass is 340 g/mol. The highest BCUT2D eigenvalue weighted by atomic mass is 19.1. The Morgan fingerprint density at radius 3 is 2.72 bits per heavy atom. The predicted molar refractivity (Wildman–Crippen MR) is 94.6 cm³/mol. The minimum absolute atomic E-state index is 0.0734. The van der Waals surface area contributed by atoms with E-state index in [1.807, 2.05) is 25.7 Å². The van der Waals surface area contributed by atoms with Crippen molar-refractivity contribution < 1.29 is 9.18 Å². The molecule has 1 aliphatic rings. The molecule has 0 bridgehead atoms. The van der Waals surface area contributed by atoms with Crippen molar-refractivity contribution in [3.63, 3.8) is 0 Å². The maximum Gasteiger partial charge on any atom is 0.225 e. The maximum absolute atomic E-state index is 13.9. The summed E-state index contributed by atoms with van der Waals surface area (Å²) < 4.78 is 13.9. The van der Waals surface area contributed by atoms with Crippen molar-refractivity contribution in [2.75, 3.05) is 11.9 Å². The van der Waals surface area contributed by atoms with E-state index in [0.29, 0.717) is 40.7 Å². The van der Waals surface area contributed by atoms with E-state index < -0.39 is 0 Å². The number of anilines is 1. The second kappa shape index (κ2) is 5.99. The summed E-state index contributed by atoms with van der Waals surface area (Å²) in [5.41, 5.74) is 2.00. The number of hydrogen-bond donors (Lipinski definition) is 1. The Labute approximate surface area is 146 Å². The van der Waals surface area contributed by atoms with Gasteiger partial charge in [-0.05, 0) is 45.4 Å². The van der Waals surface area contributed by atoms with E-state index in [0.717, 1.165) is 0 Å². The summed E-state index contributed by atoms with van der Waals surface area (Å²) >= 11 is 0. The second-order valence-corrected chi connectivity index (χ2v) is 7.50. The molecule has 0 radical (unpaired) electrons. The number of benzene rings is 1. The molecule has 1 aliphatic heterocycles. The molecule has 1 fully saturated rings. The fraction of sp³-hybridized carbons (Fsp3) is 0.421. The minimum atomic E-state index is -0.372. The van der Waals surface area contributed by atoms with Crippen LogP contribution in [-0.4, -0.2) is 33.9 Å². The van der Waals surface area contributed by atoms with Crippen LogP contribution in [0.4, 0.5) is 10.1 Å². The van der Waals surface area contributed by atoms with Gasteiger partial charge in [0, 0.05) is 30.1 Å². The summed E-state index contributed by atoms with van der Waals surface area (Å²) in [6.07, 6.45) is 1.84. The van der Waals surface area contributed by atoms with Gasteiger partial charge in [-0.2, -0.15) is 5.26 Å². The largest absolute Gasteiger partial charge is 0.378 e. The van der Waals surface area contributed by atoms with E-state index in [2.05, 4.69) is 16.4 Å². The molecule has 1 saturated heterocycles. The molecule has 2 heterocycles. The van der Waals surface area contributed by atoms with E-state index in [9.17, 15) is 14.4 Å². The smallest absolute Gasteiger partial charge is 0.225 e. The van der Waals surface area contributed by atoms with E-state index >= 15 is 0 Å². The molecule has 6 heteroatoms. The number of hydrogen-bond acceptors (Lipinski definition) is 4. The fourth-order valence-corrected chi connectivity index (χ4v) is 3.33. The van der Waals surface area contributed by atoms with Crippen LogP contribution < -0.4 is 5.32 Å². The number of pyridine rings is 1. The number of nitrogens with zero attached hydrogens (tertiary/aromatic N) is 3. The van der Waals surface area contributed by atoms with Crippen LogP contribution in [0.3, 0.4) is 0 Å². The lowest BCUT2D eigenvalue weighted by Crippen LogP contribution is -2.43. The molecule has 1 unspecified atom stereocenters. The number of amides is 1. The molecule has 1 aromatic heterocycles. The molecule has 130 valence electrons.